The fraction of sp³-hybridized carbons (Fsp3) is 0.762. The van der Waals surface area contributed by atoms with E-state index in [0.29, 0.717) is 18.8 Å². The SMILES string of the molecule is CC(C)(C)CCCCCCCCCCCOCn1cccc1C(=O)O. The minimum absolute atomic E-state index is 0.280. The second-order valence-corrected chi connectivity index (χ2v) is 8.20. The molecule has 0 fully saturated rings. The number of carboxylic acids is 1. The third-order valence-electron chi connectivity index (χ3n) is 4.49. The largest absolute Gasteiger partial charge is 0.477 e. The minimum atomic E-state index is -0.910. The summed E-state index contributed by atoms with van der Waals surface area (Å²) in [6.45, 7) is 7.98. The van der Waals surface area contributed by atoms with Crippen molar-refractivity contribution < 1.29 is 14.6 Å². The summed E-state index contributed by atoms with van der Waals surface area (Å²) in [4.78, 5) is 11.0. The van der Waals surface area contributed by atoms with Crippen molar-refractivity contribution in [1.82, 2.24) is 4.57 Å². The fourth-order valence-corrected chi connectivity index (χ4v) is 2.98. The predicted molar refractivity (Wildman–Crippen MR) is 103 cm³/mol. The van der Waals surface area contributed by atoms with Gasteiger partial charge in [0, 0.05) is 12.8 Å². The topological polar surface area (TPSA) is 51.5 Å². The van der Waals surface area contributed by atoms with Gasteiger partial charge in [-0.15, -0.1) is 0 Å². The number of unbranched alkanes of at least 4 members (excludes halogenated alkanes) is 8. The van der Waals surface area contributed by atoms with Gasteiger partial charge in [-0.2, -0.15) is 0 Å². The molecule has 0 radical (unpaired) electrons. The number of aromatic carboxylic acids is 1. The molecule has 0 aromatic carbocycles. The molecule has 0 unspecified atom stereocenters. The number of rotatable bonds is 14. The first-order valence-electron chi connectivity index (χ1n) is 9.86. The summed E-state index contributed by atoms with van der Waals surface area (Å²) in [5.41, 5.74) is 0.765. The third-order valence-corrected chi connectivity index (χ3v) is 4.49. The maximum atomic E-state index is 11.0. The normalized spacial score (nSPS) is 11.8. The number of hydrogen-bond acceptors (Lipinski definition) is 2. The molecule has 0 saturated carbocycles. The minimum Gasteiger partial charge on any atom is -0.477 e. The Hall–Kier alpha value is -1.29. The fourth-order valence-electron chi connectivity index (χ4n) is 2.98. The lowest BCUT2D eigenvalue weighted by molar-refractivity contribution is 0.0587. The van der Waals surface area contributed by atoms with Gasteiger partial charge in [-0.05, 0) is 30.4 Å². The highest BCUT2D eigenvalue weighted by Crippen LogP contribution is 2.22. The molecule has 1 aromatic rings. The van der Waals surface area contributed by atoms with Crippen molar-refractivity contribution in [1.29, 1.82) is 0 Å². The van der Waals surface area contributed by atoms with Crippen LogP contribution in [0.2, 0.25) is 0 Å². The summed E-state index contributed by atoms with van der Waals surface area (Å²) < 4.78 is 7.19. The first-order valence-corrected chi connectivity index (χ1v) is 9.86. The number of carbonyl (C=O) groups is 1. The first-order chi connectivity index (χ1) is 11.9. The van der Waals surface area contributed by atoms with E-state index in [-0.39, 0.29) is 5.69 Å². The van der Waals surface area contributed by atoms with Crippen LogP contribution >= 0.6 is 0 Å². The van der Waals surface area contributed by atoms with Gasteiger partial charge in [0.05, 0.1) is 0 Å². The van der Waals surface area contributed by atoms with Gasteiger partial charge in [-0.1, -0.05) is 72.1 Å². The molecule has 0 spiro atoms. The molecule has 0 aliphatic heterocycles. The van der Waals surface area contributed by atoms with Gasteiger partial charge in [0.1, 0.15) is 12.4 Å². The molecular formula is C21H37NO3. The van der Waals surface area contributed by atoms with Crippen LogP contribution in [-0.4, -0.2) is 22.2 Å². The highest BCUT2D eigenvalue weighted by Gasteiger charge is 2.09. The molecule has 0 aliphatic carbocycles. The Morgan fingerprint density at radius 1 is 1.00 bits per heavy atom. The number of hydrogen-bond donors (Lipinski definition) is 1. The molecule has 4 heteroatoms. The summed E-state index contributed by atoms with van der Waals surface area (Å²) >= 11 is 0. The molecule has 0 saturated heterocycles. The van der Waals surface area contributed by atoms with Crippen LogP contribution in [0.4, 0.5) is 0 Å². The second-order valence-electron chi connectivity index (χ2n) is 8.20. The van der Waals surface area contributed by atoms with Crippen LogP contribution in [0, 0.1) is 5.41 Å². The third kappa shape index (κ3) is 11.0. The van der Waals surface area contributed by atoms with E-state index in [1.165, 1.54) is 57.8 Å². The Morgan fingerprint density at radius 3 is 2.12 bits per heavy atom. The number of aromatic nitrogens is 1. The van der Waals surface area contributed by atoms with E-state index in [1.54, 1.807) is 22.9 Å². The Balaban J connectivity index is 1.86. The lowest BCUT2D eigenvalue weighted by Gasteiger charge is -2.17. The molecule has 0 bridgehead atoms. The zero-order chi connectivity index (χ0) is 18.5. The average Bonchev–Trinajstić information content (AvgIpc) is 2.99. The van der Waals surface area contributed by atoms with E-state index < -0.39 is 5.97 Å². The van der Waals surface area contributed by atoms with E-state index in [2.05, 4.69) is 20.8 Å². The standard InChI is InChI=1S/C21H37NO3/c1-21(2,3)15-11-9-7-5-4-6-8-10-12-17-25-18-22-16-13-14-19(22)20(23)24/h13-14,16H,4-12,15,17-18H2,1-3H3,(H,23,24). The number of ether oxygens (including phenoxy) is 1. The van der Waals surface area contributed by atoms with Crippen molar-refractivity contribution in [2.75, 3.05) is 6.61 Å². The molecule has 25 heavy (non-hydrogen) atoms. The van der Waals surface area contributed by atoms with Crippen LogP contribution < -0.4 is 0 Å². The Bertz CT molecular complexity index is 474. The van der Waals surface area contributed by atoms with Crippen LogP contribution in [0.15, 0.2) is 18.3 Å². The van der Waals surface area contributed by atoms with Gasteiger partial charge in [0.15, 0.2) is 0 Å². The lowest BCUT2D eigenvalue weighted by Crippen LogP contribution is -2.10. The van der Waals surface area contributed by atoms with Crippen molar-refractivity contribution in [3.63, 3.8) is 0 Å². The summed E-state index contributed by atoms with van der Waals surface area (Å²) in [6.07, 6.45) is 14.8. The van der Waals surface area contributed by atoms with Crippen molar-refractivity contribution >= 4 is 5.97 Å². The van der Waals surface area contributed by atoms with Crippen LogP contribution in [0.5, 0.6) is 0 Å². The highest BCUT2D eigenvalue weighted by molar-refractivity contribution is 5.85. The summed E-state index contributed by atoms with van der Waals surface area (Å²) in [6, 6.07) is 3.32. The Kier molecular flexibility index (Phi) is 10.6. The second kappa shape index (κ2) is 12.1. The van der Waals surface area contributed by atoms with Crippen LogP contribution in [0.3, 0.4) is 0 Å². The number of carboxylic acid groups (broad SMARTS) is 1. The highest BCUT2D eigenvalue weighted by atomic mass is 16.5. The van der Waals surface area contributed by atoms with Crippen molar-refractivity contribution in [3.05, 3.63) is 24.0 Å². The van der Waals surface area contributed by atoms with Gasteiger partial charge < -0.3 is 14.4 Å². The van der Waals surface area contributed by atoms with Gasteiger partial charge >= 0.3 is 5.97 Å². The molecule has 0 aliphatic rings. The van der Waals surface area contributed by atoms with E-state index in [9.17, 15) is 4.79 Å². The molecule has 1 aromatic heterocycles. The lowest BCUT2D eigenvalue weighted by atomic mass is 9.89. The molecule has 144 valence electrons. The number of nitrogens with zero attached hydrogens (tertiary/aromatic N) is 1. The van der Waals surface area contributed by atoms with E-state index in [0.717, 1.165) is 6.42 Å². The van der Waals surface area contributed by atoms with Crippen molar-refractivity contribution in [2.24, 2.45) is 5.41 Å². The van der Waals surface area contributed by atoms with E-state index in [1.807, 2.05) is 0 Å². The maximum Gasteiger partial charge on any atom is 0.352 e. The molecule has 1 heterocycles. The quantitative estimate of drug-likeness (QED) is 0.412. The molecule has 4 nitrogen and oxygen atoms in total. The monoisotopic (exact) mass is 351 g/mol. The Morgan fingerprint density at radius 2 is 1.56 bits per heavy atom. The van der Waals surface area contributed by atoms with Gasteiger partial charge in [-0.25, -0.2) is 4.79 Å². The summed E-state index contributed by atoms with van der Waals surface area (Å²) in [5.74, 6) is -0.910. The van der Waals surface area contributed by atoms with Crippen molar-refractivity contribution in [2.45, 2.75) is 91.7 Å². The van der Waals surface area contributed by atoms with Crippen LogP contribution in [0.25, 0.3) is 0 Å². The summed E-state index contributed by atoms with van der Waals surface area (Å²) in [5, 5.41) is 9.00. The molecule has 0 atom stereocenters. The molecule has 1 N–H and O–H groups in total. The van der Waals surface area contributed by atoms with Gasteiger partial charge in [0.25, 0.3) is 0 Å². The van der Waals surface area contributed by atoms with Crippen molar-refractivity contribution in [3.8, 4) is 0 Å². The maximum absolute atomic E-state index is 11.0. The average molecular weight is 352 g/mol. The van der Waals surface area contributed by atoms with E-state index in [4.69, 9.17) is 9.84 Å². The smallest absolute Gasteiger partial charge is 0.352 e. The predicted octanol–water partition coefficient (Wildman–Crippen LogP) is 6.11. The molecular weight excluding hydrogens is 314 g/mol. The van der Waals surface area contributed by atoms with Gasteiger partial charge in [0.2, 0.25) is 0 Å². The zero-order valence-corrected chi connectivity index (χ0v) is 16.4. The van der Waals surface area contributed by atoms with Crippen LogP contribution in [-0.2, 0) is 11.5 Å². The van der Waals surface area contributed by atoms with E-state index >= 15 is 0 Å². The Labute approximate surface area is 153 Å². The van der Waals surface area contributed by atoms with Gasteiger partial charge in [-0.3, -0.25) is 0 Å². The van der Waals surface area contributed by atoms with Crippen LogP contribution in [0.1, 0.15) is 95.5 Å². The zero-order valence-electron chi connectivity index (χ0n) is 16.4. The first kappa shape index (κ1) is 21.8. The molecule has 1 rings (SSSR count). The summed E-state index contributed by atoms with van der Waals surface area (Å²) in [7, 11) is 0. The molecule has 0 amide bonds.